The fourth-order valence-electron chi connectivity index (χ4n) is 2.81. The third-order valence-corrected chi connectivity index (χ3v) is 7.12. The van der Waals surface area contributed by atoms with E-state index in [1.54, 1.807) is 11.3 Å². The van der Waals surface area contributed by atoms with Crippen molar-refractivity contribution < 1.29 is 0 Å². The number of nitrogens with zero attached hydrogens (tertiary/aromatic N) is 1. The molecule has 2 heterocycles. The van der Waals surface area contributed by atoms with Crippen LogP contribution in [0.2, 0.25) is 0 Å². The third-order valence-electron chi connectivity index (χ3n) is 3.76. The predicted octanol–water partition coefficient (Wildman–Crippen LogP) is 4.54. The zero-order valence-electron chi connectivity index (χ0n) is 10.7. The lowest BCUT2D eigenvalue weighted by Gasteiger charge is -2.40. The van der Waals surface area contributed by atoms with E-state index in [4.69, 9.17) is 5.73 Å². The SMILES string of the molecule is CCC1CCCCN1C(CN)c1cc(Br)c(Br)s1. The summed E-state index contributed by atoms with van der Waals surface area (Å²) in [6.07, 6.45) is 5.22. The highest BCUT2D eigenvalue weighted by atomic mass is 79.9. The standard InChI is InChI=1S/C13H20Br2N2S/c1-2-9-5-3-4-6-17(9)11(8-16)12-7-10(14)13(15)18-12/h7,9,11H,2-6,8,16H2,1H3. The molecule has 1 aromatic heterocycles. The van der Waals surface area contributed by atoms with Gasteiger partial charge in [0.1, 0.15) is 0 Å². The van der Waals surface area contributed by atoms with E-state index in [1.807, 2.05) is 0 Å². The van der Waals surface area contributed by atoms with Crippen molar-refractivity contribution in [3.05, 3.63) is 19.2 Å². The van der Waals surface area contributed by atoms with Crippen molar-refractivity contribution >= 4 is 43.2 Å². The molecule has 2 N–H and O–H groups in total. The van der Waals surface area contributed by atoms with Gasteiger partial charge in [-0.2, -0.15) is 0 Å². The maximum absolute atomic E-state index is 6.05. The van der Waals surface area contributed by atoms with Crippen LogP contribution in [0.15, 0.2) is 14.3 Å². The first-order chi connectivity index (χ1) is 8.67. The van der Waals surface area contributed by atoms with Crippen LogP contribution in [0.5, 0.6) is 0 Å². The number of hydrogen-bond acceptors (Lipinski definition) is 3. The number of likely N-dealkylation sites (tertiary alicyclic amines) is 1. The van der Waals surface area contributed by atoms with Crippen LogP contribution in [0, 0.1) is 0 Å². The molecule has 1 aliphatic rings. The van der Waals surface area contributed by atoms with E-state index in [9.17, 15) is 0 Å². The molecule has 102 valence electrons. The first-order valence-corrected chi connectivity index (χ1v) is 8.98. The summed E-state index contributed by atoms with van der Waals surface area (Å²) in [6, 6.07) is 3.29. The van der Waals surface area contributed by atoms with E-state index in [-0.39, 0.29) is 0 Å². The van der Waals surface area contributed by atoms with Crippen LogP contribution in [0.3, 0.4) is 0 Å². The van der Waals surface area contributed by atoms with Crippen molar-refractivity contribution in [3.8, 4) is 0 Å². The Balaban J connectivity index is 2.21. The fourth-order valence-corrected chi connectivity index (χ4v) is 5.04. The lowest BCUT2D eigenvalue weighted by molar-refractivity contribution is 0.0966. The molecule has 1 saturated heterocycles. The second kappa shape index (κ2) is 6.84. The molecule has 1 fully saturated rings. The van der Waals surface area contributed by atoms with E-state index >= 15 is 0 Å². The number of nitrogens with two attached hydrogens (primary N) is 1. The first kappa shape index (κ1) is 15.0. The Bertz CT molecular complexity index is 375. The first-order valence-electron chi connectivity index (χ1n) is 6.57. The topological polar surface area (TPSA) is 29.3 Å². The molecule has 0 spiro atoms. The van der Waals surface area contributed by atoms with E-state index in [2.05, 4.69) is 49.7 Å². The second-order valence-electron chi connectivity index (χ2n) is 4.82. The molecule has 18 heavy (non-hydrogen) atoms. The maximum Gasteiger partial charge on any atom is 0.0843 e. The Hall–Kier alpha value is 0.580. The summed E-state index contributed by atoms with van der Waals surface area (Å²) >= 11 is 8.96. The van der Waals surface area contributed by atoms with Crippen LogP contribution in [0.25, 0.3) is 0 Å². The molecule has 1 aliphatic heterocycles. The van der Waals surface area contributed by atoms with E-state index in [0.717, 1.165) is 4.47 Å². The van der Waals surface area contributed by atoms with Gasteiger partial charge in [-0.05, 0) is 63.7 Å². The van der Waals surface area contributed by atoms with Gasteiger partial charge in [-0.25, -0.2) is 0 Å². The molecular weight excluding hydrogens is 376 g/mol. The largest absolute Gasteiger partial charge is 0.329 e. The van der Waals surface area contributed by atoms with Gasteiger partial charge in [0.25, 0.3) is 0 Å². The molecule has 0 amide bonds. The van der Waals surface area contributed by atoms with Gasteiger partial charge < -0.3 is 5.73 Å². The summed E-state index contributed by atoms with van der Waals surface area (Å²) in [6.45, 7) is 4.18. The van der Waals surface area contributed by atoms with Gasteiger partial charge >= 0.3 is 0 Å². The Morgan fingerprint density at radius 2 is 2.28 bits per heavy atom. The molecule has 2 unspecified atom stereocenters. The van der Waals surface area contributed by atoms with E-state index < -0.39 is 0 Å². The fraction of sp³-hybridized carbons (Fsp3) is 0.692. The molecule has 0 radical (unpaired) electrons. The van der Waals surface area contributed by atoms with E-state index in [1.165, 1.54) is 40.9 Å². The van der Waals surface area contributed by atoms with Crippen LogP contribution in [-0.4, -0.2) is 24.0 Å². The third kappa shape index (κ3) is 3.18. The van der Waals surface area contributed by atoms with Crippen molar-refractivity contribution in [2.45, 2.75) is 44.7 Å². The average molecular weight is 396 g/mol. The summed E-state index contributed by atoms with van der Waals surface area (Å²) < 4.78 is 2.31. The van der Waals surface area contributed by atoms with Crippen LogP contribution in [0.4, 0.5) is 0 Å². The molecule has 2 atom stereocenters. The van der Waals surface area contributed by atoms with Gasteiger partial charge in [-0.15, -0.1) is 11.3 Å². The lowest BCUT2D eigenvalue weighted by atomic mass is 9.97. The summed E-state index contributed by atoms with van der Waals surface area (Å²) in [5, 5.41) is 0. The van der Waals surface area contributed by atoms with Crippen LogP contribution in [0.1, 0.15) is 43.5 Å². The maximum atomic E-state index is 6.05. The van der Waals surface area contributed by atoms with Gasteiger partial charge in [-0.1, -0.05) is 13.3 Å². The zero-order valence-corrected chi connectivity index (χ0v) is 14.7. The summed E-state index contributed by atoms with van der Waals surface area (Å²) in [5.41, 5.74) is 6.05. The molecular formula is C13H20Br2N2S. The van der Waals surface area contributed by atoms with E-state index in [0.29, 0.717) is 18.6 Å². The van der Waals surface area contributed by atoms with Crippen molar-refractivity contribution in [3.63, 3.8) is 0 Å². The van der Waals surface area contributed by atoms with Crippen LogP contribution < -0.4 is 5.73 Å². The molecule has 2 nitrogen and oxygen atoms in total. The minimum absolute atomic E-state index is 0.378. The molecule has 0 aliphatic carbocycles. The Kier molecular flexibility index (Phi) is 5.69. The van der Waals surface area contributed by atoms with Crippen molar-refractivity contribution in [1.82, 2.24) is 4.90 Å². The van der Waals surface area contributed by atoms with Crippen molar-refractivity contribution in [1.29, 1.82) is 0 Å². The molecule has 1 aromatic rings. The molecule has 2 rings (SSSR count). The number of piperidine rings is 1. The molecule has 0 bridgehead atoms. The highest BCUT2D eigenvalue weighted by molar-refractivity contribution is 9.13. The van der Waals surface area contributed by atoms with Crippen molar-refractivity contribution in [2.24, 2.45) is 5.73 Å². The predicted molar refractivity (Wildman–Crippen MR) is 86.2 cm³/mol. The molecule has 0 aromatic carbocycles. The second-order valence-corrected chi connectivity index (χ2v) is 8.07. The molecule has 5 heteroatoms. The quantitative estimate of drug-likeness (QED) is 0.810. The monoisotopic (exact) mass is 394 g/mol. The zero-order chi connectivity index (χ0) is 13.1. The van der Waals surface area contributed by atoms with Gasteiger partial charge in [0, 0.05) is 21.9 Å². The van der Waals surface area contributed by atoms with Gasteiger partial charge in [-0.3, -0.25) is 4.90 Å². The Morgan fingerprint density at radius 1 is 1.50 bits per heavy atom. The summed E-state index contributed by atoms with van der Waals surface area (Å²) in [7, 11) is 0. The van der Waals surface area contributed by atoms with Crippen LogP contribution in [-0.2, 0) is 0 Å². The number of rotatable bonds is 4. The number of thiophene rings is 1. The van der Waals surface area contributed by atoms with Gasteiger partial charge in [0.2, 0.25) is 0 Å². The van der Waals surface area contributed by atoms with Crippen LogP contribution >= 0.6 is 43.2 Å². The highest BCUT2D eigenvalue weighted by Gasteiger charge is 2.29. The Labute approximate surface area is 130 Å². The normalized spacial score (nSPS) is 23.2. The van der Waals surface area contributed by atoms with Crippen molar-refractivity contribution in [2.75, 3.05) is 13.1 Å². The number of hydrogen-bond donors (Lipinski definition) is 1. The lowest BCUT2D eigenvalue weighted by Crippen LogP contribution is -2.43. The van der Waals surface area contributed by atoms with Gasteiger partial charge in [0.15, 0.2) is 0 Å². The minimum atomic E-state index is 0.378. The minimum Gasteiger partial charge on any atom is -0.329 e. The smallest absolute Gasteiger partial charge is 0.0843 e. The summed E-state index contributed by atoms with van der Waals surface area (Å²) in [5.74, 6) is 0. The Morgan fingerprint density at radius 3 is 2.83 bits per heavy atom. The summed E-state index contributed by atoms with van der Waals surface area (Å²) in [4.78, 5) is 3.99. The molecule has 0 saturated carbocycles. The number of halogens is 2. The average Bonchev–Trinajstić information content (AvgIpc) is 2.71. The van der Waals surface area contributed by atoms with Gasteiger partial charge in [0.05, 0.1) is 9.83 Å². The highest BCUT2D eigenvalue weighted by Crippen LogP contribution is 2.39.